The average Bonchev–Trinajstić information content (AvgIpc) is 2.91. The Morgan fingerprint density at radius 3 is 2.70 bits per heavy atom. The molecular formula is C16H19NO2S. The van der Waals surface area contributed by atoms with Crippen molar-refractivity contribution in [3.05, 3.63) is 45.6 Å². The first kappa shape index (κ1) is 14.6. The van der Waals surface area contributed by atoms with Crippen LogP contribution in [0.2, 0.25) is 0 Å². The van der Waals surface area contributed by atoms with E-state index in [9.17, 15) is 9.90 Å². The summed E-state index contributed by atoms with van der Waals surface area (Å²) in [5.41, 5.74) is 2.83. The zero-order valence-electron chi connectivity index (χ0n) is 12.0. The van der Waals surface area contributed by atoms with Crippen LogP contribution in [-0.2, 0) is 6.42 Å². The maximum absolute atomic E-state index is 12.7. The van der Waals surface area contributed by atoms with Crippen LogP contribution in [0.1, 0.15) is 34.6 Å². The summed E-state index contributed by atoms with van der Waals surface area (Å²) in [6, 6.07) is 7.12. The van der Waals surface area contributed by atoms with Crippen LogP contribution in [0.5, 0.6) is 5.75 Å². The van der Waals surface area contributed by atoms with Crippen molar-refractivity contribution in [3.63, 3.8) is 0 Å². The van der Waals surface area contributed by atoms with Gasteiger partial charge in [-0.05, 0) is 48.9 Å². The van der Waals surface area contributed by atoms with E-state index in [4.69, 9.17) is 0 Å². The fourth-order valence-electron chi connectivity index (χ4n) is 2.24. The van der Waals surface area contributed by atoms with Crippen LogP contribution in [0, 0.1) is 6.92 Å². The van der Waals surface area contributed by atoms with Crippen molar-refractivity contribution in [1.29, 1.82) is 0 Å². The Balaban J connectivity index is 2.42. The predicted octanol–water partition coefficient (Wildman–Crippen LogP) is 3.99. The number of amides is 1. The first-order valence-electron chi connectivity index (χ1n) is 6.76. The highest BCUT2D eigenvalue weighted by atomic mass is 32.1. The third-order valence-electron chi connectivity index (χ3n) is 3.37. The molecule has 0 spiro atoms. The van der Waals surface area contributed by atoms with E-state index < -0.39 is 0 Å². The van der Waals surface area contributed by atoms with E-state index in [1.165, 1.54) is 11.3 Å². The molecule has 4 heteroatoms. The van der Waals surface area contributed by atoms with E-state index in [0.717, 1.165) is 28.1 Å². The van der Waals surface area contributed by atoms with Gasteiger partial charge in [0.2, 0.25) is 0 Å². The Hall–Kier alpha value is -1.81. The lowest BCUT2D eigenvalue weighted by Crippen LogP contribution is -2.31. The van der Waals surface area contributed by atoms with Gasteiger partial charge in [0.15, 0.2) is 0 Å². The molecule has 0 radical (unpaired) electrons. The molecule has 0 aliphatic rings. The molecule has 1 N–H and O–H groups in total. The maximum Gasteiger partial charge on any atom is 0.268 e. The summed E-state index contributed by atoms with van der Waals surface area (Å²) in [5.74, 6) is 0.187. The average molecular weight is 289 g/mol. The zero-order valence-corrected chi connectivity index (χ0v) is 12.8. The molecule has 0 atom stereocenters. The molecule has 1 aromatic heterocycles. The number of phenols is 1. The van der Waals surface area contributed by atoms with Gasteiger partial charge in [-0.15, -0.1) is 11.3 Å². The number of rotatable bonds is 4. The highest BCUT2D eigenvalue weighted by Crippen LogP contribution is 2.28. The number of anilines is 1. The number of carbonyl (C=O) groups excluding carboxylic acids is 1. The number of benzene rings is 1. The number of aryl methyl sites for hydroxylation is 2. The van der Waals surface area contributed by atoms with Crippen molar-refractivity contribution in [2.24, 2.45) is 0 Å². The monoisotopic (exact) mass is 289 g/mol. The number of nitrogens with zero attached hydrogens (tertiary/aromatic N) is 1. The minimum absolute atomic E-state index is 0.00745. The second-order valence-corrected chi connectivity index (χ2v) is 5.56. The molecule has 2 rings (SSSR count). The quantitative estimate of drug-likeness (QED) is 0.924. The number of phenolic OH excluding ortho intramolecular Hbond substituents is 1. The van der Waals surface area contributed by atoms with E-state index in [0.29, 0.717) is 6.54 Å². The predicted molar refractivity (Wildman–Crippen MR) is 83.9 cm³/mol. The van der Waals surface area contributed by atoms with Crippen molar-refractivity contribution in [3.8, 4) is 5.75 Å². The van der Waals surface area contributed by atoms with Crippen molar-refractivity contribution < 1.29 is 9.90 Å². The second-order valence-electron chi connectivity index (χ2n) is 4.65. The minimum Gasteiger partial charge on any atom is -0.508 e. The van der Waals surface area contributed by atoms with E-state index in [-0.39, 0.29) is 11.7 Å². The van der Waals surface area contributed by atoms with Gasteiger partial charge in [0.25, 0.3) is 5.91 Å². The van der Waals surface area contributed by atoms with Gasteiger partial charge >= 0.3 is 0 Å². The van der Waals surface area contributed by atoms with Gasteiger partial charge in [0, 0.05) is 12.6 Å². The highest BCUT2D eigenvalue weighted by molar-refractivity contribution is 7.12. The summed E-state index contributed by atoms with van der Waals surface area (Å²) in [6.45, 7) is 6.51. The van der Waals surface area contributed by atoms with Crippen LogP contribution in [0.25, 0.3) is 0 Å². The normalized spacial score (nSPS) is 10.6. The molecule has 0 bridgehead atoms. The molecule has 0 saturated carbocycles. The highest BCUT2D eigenvalue weighted by Gasteiger charge is 2.21. The van der Waals surface area contributed by atoms with E-state index in [1.807, 2.05) is 31.4 Å². The van der Waals surface area contributed by atoms with Gasteiger partial charge in [-0.1, -0.05) is 13.0 Å². The molecule has 1 amide bonds. The van der Waals surface area contributed by atoms with Crippen molar-refractivity contribution in [2.75, 3.05) is 11.4 Å². The topological polar surface area (TPSA) is 40.5 Å². The Kier molecular flexibility index (Phi) is 4.45. The van der Waals surface area contributed by atoms with E-state index in [2.05, 4.69) is 6.92 Å². The third-order valence-corrected chi connectivity index (χ3v) is 4.31. The lowest BCUT2D eigenvalue weighted by Gasteiger charge is -2.23. The number of thiophene rings is 1. The third kappa shape index (κ3) is 2.70. The smallest absolute Gasteiger partial charge is 0.268 e. The van der Waals surface area contributed by atoms with Crippen LogP contribution in [0.3, 0.4) is 0 Å². The molecule has 0 aliphatic heterocycles. The molecule has 106 valence electrons. The van der Waals surface area contributed by atoms with Gasteiger partial charge < -0.3 is 10.0 Å². The SMILES string of the molecule is CCc1ccsc1C(=O)N(CC)c1cc(O)ccc1C. The van der Waals surface area contributed by atoms with Gasteiger partial charge in [-0.2, -0.15) is 0 Å². The lowest BCUT2D eigenvalue weighted by atomic mass is 10.1. The first-order chi connectivity index (χ1) is 9.58. The molecule has 0 saturated heterocycles. The molecule has 2 aromatic rings. The fourth-order valence-corrected chi connectivity index (χ4v) is 3.18. The van der Waals surface area contributed by atoms with Crippen LogP contribution in [0.15, 0.2) is 29.6 Å². The Labute approximate surface area is 123 Å². The minimum atomic E-state index is 0.00745. The molecule has 0 unspecified atom stereocenters. The summed E-state index contributed by atoms with van der Waals surface area (Å²) < 4.78 is 0. The maximum atomic E-state index is 12.7. The number of aromatic hydroxyl groups is 1. The first-order valence-corrected chi connectivity index (χ1v) is 7.64. The van der Waals surface area contributed by atoms with Gasteiger partial charge in [-0.25, -0.2) is 0 Å². The van der Waals surface area contributed by atoms with Crippen LogP contribution in [0.4, 0.5) is 5.69 Å². The summed E-state index contributed by atoms with van der Waals surface area (Å²) >= 11 is 1.48. The largest absolute Gasteiger partial charge is 0.508 e. The Bertz CT molecular complexity index is 619. The Morgan fingerprint density at radius 2 is 2.05 bits per heavy atom. The fraction of sp³-hybridized carbons (Fsp3) is 0.312. The second kappa shape index (κ2) is 6.09. The summed E-state index contributed by atoms with van der Waals surface area (Å²) in [5, 5.41) is 11.6. The number of hydrogen-bond acceptors (Lipinski definition) is 3. The molecular weight excluding hydrogens is 270 g/mol. The van der Waals surface area contributed by atoms with Crippen molar-refractivity contribution >= 4 is 22.9 Å². The van der Waals surface area contributed by atoms with Crippen molar-refractivity contribution in [2.45, 2.75) is 27.2 Å². The lowest BCUT2D eigenvalue weighted by molar-refractivity contribution is 0.0991. The van der Waals surface area contributed by atoms with Crippen LogP contribution < -0.4 is 4.90 Å². The molecule has 20 heavy (non-hydrogen) atoms. The van der Waals surface area contributed by atoms with Gasteiger partial charge in [0.05, 0.1) is 10.6 Å². The Morgan fingerprint density at radius 1 is 1.30 bits per heavy atom. The molecule has 0 aliphatic carbocycles. The summed E-state index contributed by atoms with van der Waals surface area (Å²) in [4.78, 5) is 15.2. The van der Waals surface area contributed by atoms with Crippen molar-refractivity contribution in [1.82, 2.24) is 0 Å². The standard InChI is InChI=1S/C16H19NO2S/c1-4-12-8-9-20-15(12)16(19)17(5-2)14-10-13(18)7-6-11(14)3/h6-10,18H,4-5H2,1-3H3. The zero-order chi connectivity index (χ0) is 14.7. The summed E-state index contributed by atoms with van der Waals surface area (Å²) in [7, 11) is 0. The van der Waals surface area contributed by atoms with Crippen LogP contribution in [-0.4, -0.2) is 17.6 Å². The number of hydrogen-bond donors (Lipinski definition) is 1. The van der Waals surface area contributed by atoms with Crippen LogP contribution >= 0.6 is 11.3 Å². The number of carbonyl (C=O) groups is 1. The molecule has 1 heterocycles. The van der Waals surface area contributed by atoms with E-state index >= 15 is 0 Å². The van der Waals surface area contributed by atoms with Gasteiger partial charge in [0.1, 0.15) is 5.75 Å². The molecule has 0 fully saturated rings. The molecule has 1 aromatic carbocycles. The summed E-state index contributed by atoms with van der Waals surface area (Å²) in [6.07, 6.45) is 0.848. The van der Waals surface area contributed by atoms with E-state index in [1.54, 1.807) is 17.0 Å². The van der Waals surface area contributed by atoms with Gasteiger partial charge in [-0.3, -0.25) is 4.79 Å². The molecule has 3 nitrogen and oxygen atoms in total.